The fourth-order valence-corrected chi connectivity index (χ4v) is 4.66. The van der Waals surface area contributed by atoms with E-state index in [0.717, 1.165) is 0 Å². The second kappa shape index (κ2) is 9.14. The van der Waals surface area contributed by atoms with Crippen molar-refractivity contribution in [1.82, 2.24) is 19.5 Å². The number of nitrogens with one attached hydrogen (secondary N) is 1. The van der Waals surface area contributed by atoms with Gasteiger partial charge in [-0.05, 0) is 17.7 Å². The topological polar surface area (TPSA) is 77.3 Å². The molecule has 0 radical (unpaired) electrons. The highest BCUT2D eigenvalue weighted by atomic mass is 35.5. The van der Waals surface area contributed by atoms with Crippen LogP contribution in [0.4, 0.5) is 35.0 Å². The lowest BCUT2D eigenvalue weighted by Crippen LogP contribution is -2.57. The monoisotopic (exact) mass is 546 g/mol. The molecule has 0 amide bonds. The molecule has 4 heterocycles. The zero-order valence-corrected chi connectivity index (χ0v) is 20.5. The van der Waals surface area contributed by atoms with Gasteiger partial charge in [-0.3, -0.25) is 0 Å². The van der Waals surface area contributed by atoms with Crippen LogP contribution in [0.25, 0.3) is 5.69 Å². The number of nitrogens with zero attached hydrogens (tertiary/aromatic N) is 5. The quantitative estimate of drug-likeness (QED) is 0.324. The van der Waals surface area contributed by atoms with Gasteiger partial charge < -0.3 is 24.3 Å². The van der Waals surface area contributed by atoms with E-state index in [1.807, 2.05) is 0 Å². The minimum absolute atomic E-state index is 0.00565. The van der Waals surface area contributed by atoms with Gasteiger partial charge >= 0.3 is 0 Å². The van der Waals surface area contributed by atoms with Gasteiger partial charge in [0.1, 0.15) is 40.8 Å². The lowest BCUT2D eigenvalue weighted by Gasteiger charge is -2.40. The molecule has 2 aromatic carbocycles. The van der Waals surface area contributed by atoms with Crippen molar-refractivity contribution in [2.24, 2.45) is 0 Å². The van der Waals surface area contributed by atoms with Gasteiger partial charge in [0, 0.05) is 23.9 Å². The molecule has 13 heteroatoms. The number of ether oxygens (including phenoxy) is 2. The molecule has 6 rings (SSSR count). The third-order valence-corrected chi connectivity index (χ3v) is 6.52. The first-order valence-electron chi connectivity index (χ1n) is 11.5. The molecule has 0 spiro atoms. The van der Waals surface area contributed by atoms with Crippen molar-refractivity contribution in [2.45, 2.75) is 18.6 Å². The molecule has 2 aliphatic rings. The summed E-state index contributed by atoms with van der Waals surface area (Å²) in [5.74, 6) is -3.35. The van der Waals surface area contributed by atoms with Crippen molar-refractivity contribution in [3.8, 4) is 11.4 Å². The van der Waals surface area contributed by atoms with Crippen molar-refractivity contribution in [1.29, 1.82) is 0 Å². The standard InChI is InChI=1S/C25H19ClF4N6O2/c1-37-19-7-17(16(28)6-18(19)35-8-20(26)31-12-35)32-24-33-21-15(23(34-24)36-10-25(29,30)11-36)9-38-22(21)13-2-4-14(27)5-3-13/h2-8,12,22H,9-11H2,1H3,(H,32,33,34). The average molecular weight is 547 g/mol. The Morgan fingerprint density at radius 3 is 2.55 bits per heavy atom. The van der Waals surface area contributed by atoms with Gasteiger partial charge in [-0.2, -0.15) is 4.98 Å². The number of methoxy groups -OCH3 is 1. The fraction of sp³-hybridized carbons (Fsp3) is 0.240. The Labute approximate surface area is 218 Å². The maximum Gasteiger partial charge on any atom is 0.282 e. The van der Waals surface area contributed by atoms with Crippen LogP contribution in [0.5, 0.6) is 5.75 Å². The van der Waals surface area contributed by atoms with E-state index in [9.17, 15) is 13.2 Å². The van der Waals surface area contributed by atoms with E-state index < -0.39 is 36.8 Å². The molecule has 1 saturated heterocycles. The van der Waals surface area contributed by atoms with Gasteiger partial charge in [-0.15, -0.1) is 0 Å². The molecular weight excluding hydrogens is 528 g/mol. The first-order chi connectivity index (χ1) is 18.2. The van der Waals surface area contributed by atoms with Gasteiger partial charge in [0.25, 0.3) is 5.92 Å². The van der Waals surface area contributed by atoms with Crippen LogP contribution in [-0.4, -0.2) is 45.6 Å². The highest BCUT2D eigenvalue weighted by molar-refractivity contribution is 6.29. The zero-order chi connectivity index (χ0) is 26.6. The van der Waals surface area contributed by atoms with Gasteiger partial charge in [0.15, 0.2) is 0 Å². The minimum Gasteiger partial charge on any atom is -0.494 e. The van der Waals surface area contributed by atoms with E-state index in [4.69, 9.17) is 21.1 Å². The van der Waals surface area contributed by atoms with Gasteiger partial charge in [-0.25, -0.2) is 27.5 Å². The summed E-state index contributed by atoms with van der Waals surface area (Å²) in [6, 6.07) is 8.37. The molecule has 0 aliphatic carbocycles. The minimum atomic E-state index is -2.84. The number of alkyl halides is 2. The summed E-state index contributed by atoms with van der Waals surface area (Å²) < 4.78 is 69.0. The molecule has 4 aromatic rings. The predicted molar refractivity (Wildman–Crippen MR) is 131 cm³/mol. The molecule has 196 valence electrons. The number of benzene rings is 2. The van der Waals surface area contributed by atoms with E-state index in [0.29, 0.717) is 28.3 Å². The van der Waals surface area contributed by atoms with Crippen LogP contribution in [-0.2, 0) is 11.3 Å². The molecule has 0 saturated carbocycles. The van der Waals surface area contributed by atoms with Gasteiger partial charge in [-0.1, -0.05) is 23.7 Å². The first kappa shape index (κ1) is 24.4. The molecule has 1 atom stereocenters. The number of imidazole rings is 1. The van der Waals surface area contributed by atoms with Crippen LogP contribution in [0, 0.1) is 11.6 Å². The summed E-state index contributed by atoms with van der Waals surface area (Å²) in [5.41, 5.74) is 1.96. The van der Waals surface area contributed by atoms with Crippen molar-refractivity contribution >= 4 is 29.1 Å². The van der Waals surface area contributed by atoms with E-state index in [-0.39, 0.29) is 29.2 Å². The van der Waals surface area contributed by atoms with Crippen molar-refractivity contribution in [3.05, 3.63) is 82.5 Å². The molecule has 0 bridgehead atoms. The second-order valence-electron chi connectivity index (χ2n) is 8.92. The first-order valence-corrected chi connectivity index (χ1v) is 11.8. The lowest BCUT2D eigenvalue weighted by atomic mass is 10.0. The molecule has 8 nitrogen and oxygen atoms in total. The summed E-state index contributed by atoms with van der Waals surface area (Å²) in [6.07, 6.45) is 2.24. The molecule has 2 aromatic heterocycles. The van der Waals surface area contributed by atoms with Crippen molar-refractivity contribution in [3.63, 3.8) is 0 Å². The lowest BCUT2D eigenvalue weighted by molar-refractivity contribution is -0.0268. The van der Waals surface area contributed by atoms with Crippen LogP contribution >= 0.6 is 11.6 Å². The highest BCUT2D eigenvalue weighted by Gasteiger charge is 2.46. The number of hydrogen-bond donors (Lipinski definition) is 1. The summed E-state index contributed by atoms with van der Waals surface area (Å²) in [6.45, 7) is -0.942. The Balaban J connectivity index is 1.40. The molecule has 1 unspecified atom stereocenters. The van der Waals surface area contributed by atoms with Crippen LogP contribution in [0.15, 0.2) is 48.9 Å². The fourth-order valence-electron chi connectivity index (χ4n) is 4.52. The molecule has 38 heavy (non-hydrogen) atoms. The Morgan fingerprint density at radius 2 is 1.89 bits per heavy atom. The number of anilines is 3. The van der Waals surface area contributed by atoms with Crippen LogP contribution in [0.2, 0.25) is 5.15 Å². The summed E-state index contributed by atoms with van der Waals surface area (Å²) in [5, 5.41) is 3.07. The molecule has 1 fully saturated rings. The Morgan fingerprint density at radius 1 is 1.13 bits per heavy atom. The van der Waals surface area contributed by atoms with E-state index in [1.54, 1.807) is 12.1 Å². The average Bonchev–Trinajstić information content (AvgIpc) is 3.50. The Bertz CT molecular complexity index is 1520. The smallest absolute Gasteiger partial charge is 0.282 e. The number of hydrogen-bond acceptors (Lipinski definition) is 7. The number of rotatable bonds is 6. The third kappa shape index (κ3) is 4.39. The van der Waals surface area contributed by atoms with Crippen LogP contribution in [0.3, 0.4) is 0 Å². The highest BCUT2D eigenvalue weighted by Crippen LogP contribution is 2.42. The predicted octanol–water partition coefficient (Wildman–Crippen LogP) is 5.42. The van der Waals surface area contributed by atoms with Crippen LogP contribution in [0.1, 0.15) is 22.9 Å². The number of fused-ring (bicyclic) bond motifs is 1. The Hall–Kier alpha value is -3.90. The van der Waals surface area contributed by atoms with Crippen molar-refractivity contribution in [2.75, 3.05) is 30.4 Å². The SMILES string of the molecule is COc1cc(Nc2nc3c(c(N4CC(F)(F)C4)n2)COC3c2ccc(F)cc2)c(F)cc1-n1cnc(Cl)c1. The number of aromatic nitrogens is 4. The van der Waals surface area contributed by atoms with Gasteiger partial charge in [0.2, 0.25) is 5.95 Å². The van der Waals surface area contributed by atoms with E-state index in [1.165, 1.54) is 53.4 Å². The Kier molecular flexibility index (Phi) is 5.88. The summed E-state index contributed by atoms with van der Waals surface area (Å²) in [7, 11) is 1.43. The largest absolute Gasteiger partial charge is 0.494 e. The molecule has 2 aliphatic heterocycles. The molecular formula is C25H19ClF4N6O2. The van der Waals surface area contributed by atoms with Gasteiger partial charge in [0.05, 0.1) is 43.9 Å². The number of halogens is 5. The van der Waals surface area contributed by atoms with Crippen LogP contribution < -0.4 is 15.0 Å². The summed E-state index contributed by atoms with van der Waals surface area (Å²) in [4.78, 5) is 14.3. The second-order valence-corrected chi connectivity index (χ2v) is 9.31. The molecule has 1 N–H and O–H groups in total. The zero-order valence-electron chi connectivity index (χ0n) is 19.8. The van der Waals surface area contributed by atoms with E-state index >= 15 is 4.39 Å². The summed E-state index contributed by atoms with van der Waals surface area (Å²) >= 11 is 5.89. The normalized spacial score (nSPS) is 17.7. The maximum absolute atomic E-state index is 15.2. The van der Waals surface area contributed by atoms with Crippen molar-refractivity contribution < 1.29 is 27.0 Å². The maximum atomic E-state index is 15.2. The third-order valence-electron chi connectivity index (χ3n) is 6.32. The van der Waals surface area contributed by atoms with E-state index in [2.05, 4.69) is 20.3 Å².